The number of anilines is 1. The fourth-order valence-electron chi connectivity index (χ4n) is 3.65. The van der Waals surface area contributed by atoms with Crippen molar-refractivity contribution in [1.82, 2.24) is 24.6 Å². The molecule has 1 saturated heterocycles. The zero-order valence-electron chi connectivity index (χ0n) is 14.6. The maximum atomic E-state index is 4.46. The Morgan fingerprint density at radius 1 is 1.21 bits per heavy atom. The zero-order valence-corrected chi connectivity index (χ0v) is 14.6. The molecule has 1 fully saturated rings. The van der Waals surface area contributed by atoms with E-state index in [2.05, 4.69) is 49.7 Å². The highest BCUT2D eigenvalue weighted by Gasteiger charge is 2.31. The Morgan fingerprint density at radius 2 is 2.04 bits per heavy atom. The third kappa shape index (κ3) is 3.02. The Hall–Kier alpha value is -1.95. The summed E-state index contributed by atoms with van der Waals surface area (Å²) in [6.07, 6.45) is 9.68. The number of hydrogen-bond acceptors (Lipinski definition) is 5. The molecule has 2 aromatic heterocycles. The van der Waals surface area contributed by atoms with Gasteiger partial charge in [0, 0.05) is 51.5 Å². The quantitative estimate of drug-likeness (QED) is 0.832. The Kier molecular flexibility index (Phi) is 4.22. The number of imidazole rings is 1. The van der Waals surface area contributed by atoms with Crippen LogP contribution >= 0.6 is 0 Å². The molecule has 2 aliphatic rings. The van der Waals surface area contributed by atoms with E-state index < -0.39 is 0 Å². The maximum absolute atomic E-state index is 4.46. The van der Waals surface area contributed by atoms with E-state index in [0.29, 0.717) is 6.04 Å². The van der Waals surface area contributed by atoms with Crippen LogP contribution < -0.4 is 4.90 Å². The van der Waals surface area contributed by atoms with Crippen LogP contribution in [0.25, 0.3) is 0 Å². The lowest BCUT2D eigenvalue weighted by molar-refractivity contribution is 0.205. The van der Waals surface area contributed by atoms with Gasteiger partial charge in [-0.3, -0.25) is 4.90 Å². The first-order valence-electron chi connectivity index (χ1n) is 8.97. The van der Waals surface area contributed by atoms with E-state index in [-0.39, 0.29) is 0 Å². The molecule has 0 amide bonds. The first-order valence-corrected chi connectivity index (χ1v) is 8.97. The van der Waals surface area contributed by atoms with Gasteiger partial charge >= 0.3 is 0 Å². The molecular formula is C18H26N6. The van der Waals surface area contributed by atoms with Gasteiger partial charge < -0.3 is 9.47 Å². The number of hydrogen-bond donors (Lipinski definition) is 0. The number of fused-ring (bicyclic) bond motifs is 1. The van der Waals surface area contributed by atoms with Crippen molar-refractivity contribution in [2.45, 2.75) is 38.1 Å². The number of aromatic nitrogens is 4. The third-order valence-electron chi connectivity index (χ3n) is 5.48. The number of nitrogens with zero attached hydrogens (tertiary/aromatic N) is 6. The molecule has 0 N–H and O–H groups in total. The van der Waals surface area contributed by atoms with Crippen LogP contribution in [-0.2, 0) is 26.3 Å². The fourth-order valence-corrected chi connectivity index (χ4v) is 3.65. The summed E-state index contributed by atoms with van der Waals surface area (Å²) in [5.41, 5.74) is 2.63. The maximum Gasteiger partial charge on any atom is 0.151 e. The number of likely N-dealkylation sites (N-methyl/N-ethyl adjacent to an activating group) is 1. The van der Waals surface area contributed by atoms with E-state index in [0.717, 1.165) is 44.1 Å². The minimum atomic E-state index is 0.600. The molecule has 0 aromatic carbocycles. The van der Waals surface area contributed by atoms with Gasteiger partial charge in [0.2, 0.25) is 0 Å². The third-order valence-corrected chi connectivity index (χ3v) is 5.48. The van der Waals surface area contributed by atoms with Crippen LogP contribution in [0.15, 0.2) is 18.5 Å². The largest absolute Gasteiger partial charge is 0.352 e. The second-order valence-electron chi connectivity index (χ2n) is 7.13. The second-order valence-corrected chi connectivity index (χ2v) is 7.13. The van der Waals surface area contributed by atoms with Crippen LogP contribution in [0.4, 0.5) is 5.82 Å². The molecule has 0 radical (unpaired) electrons. The summed E-state index contributed by atoms with van der Waals surface area (Å²) in [7, 11) is 4.27. The molecule has 0 saturated carbocycles. The van der Waals surface area contributed by atoms with Gasteiger partial charge in [-0.05, 0) is 44.4 Å². The van der Waals surface area contributed by atoms with Crippen molar-refractivity contribution in [3.05, 3.63) is 35.5 Å². The average Bonchev–Trinajstić information content (AvgIpc) is 2.96. The zero-order chi connectivity index (χ0) is 16.5. The summed E-state index contributed by atoms with van der Waals surface area (Å²) >= 11 is 0. The Labute approximate surface area is 143 Å². The summed E-state index contributed by atoms with van der Waals surface area (Å²) in [4.78, 5) is 9.19. The van der Waals surface area contributed by atoms with Crippen LogP contribution in [0.3, 0.4) is 0 Å². The molecule has 0 spiro atoms. The van der Waals surface area contributed by atoms with Crippen molar-refractivity contribution < 1.29 is 0 Å². The van der Waals surface area contributed by atoms with E-state index >= 15 is 0 Å². The fraction of sp³-hybridized carbons (Fsp3) is 0.611. The van der Waals surface area contributed by atoms with Gasteiger partial charge in [0.15, 0.2) is 5.82 Å². The molecule has 6 heteroatoms. The Morgan fingerprint density at radius 3 is 2.83 bits per heavy atom. The van der Waals surface area contributed by atoms with Crippen molar-refractivity contribution in [3.8, 4) is 0 Å². The van der Waals surface area contributed by atoms with Crippen molar-refractivity contribution in [2.75, 3.05) is 31.6 Å². The molecular weight excluding hydrogens is 300 g/mol. The molecule has 6 nitrogen and oxygen atoms in total. The van der Waals surface area contributed by atoms with Gasteiger partial charge in [-0.2, -0.15) is 5.10 Å². The van der Waals surface area contributed by atoms with E-state index in [1.807, 2.05) is 12.4 Å². The lowest BCUT2D eigenvalue weighted by Gasteiger charge is -2.44. The summed E-state index contributed by atoms with van der Waals surface area (Å²) < 4.78 is 2.10. The first-order chi connectivity index (χ1) is 11.7. The minimum absolute atomic E-state index is 0.600. The first kappa shape index (κ1) is 15.6. The molecule has 0 unspecified atom stereocenters. The lowest BCUT2D eigenvalue weighted by Crippen LogP contribution is -2.59. The van der Waals surface area contributed by atoms with Gasteiger partial charge in [-0.15, -0.1) is 5.10 Å². The average molecular weight is 326 g/mol. The number of rotatable bonds is 5. The van der Waals surface area contributed by atoms with Crippen LogP contribution in [0.5, 0.6) is 0 Å². The molecule has 1 aliphatic carbocycles. The predicted molar refractivity (Wildman–Crippen MR) is 94.2 cm³/mol. The predicted octanol–water partition coefficient (Wildman–Crippen LogP) is 1.45. The summed E-state index contributed by atoms with van der Waals surface area (Å²) in [5.74, 6) is 2.21. The van der Waals surface area contributed by atoms with E-state index in [1.165, 1.54) is 30.5 Å². The van der Waals surface area contributed by atoms with Crippen LogP contribution in [0, 0.1) is 0 Å². The Bertz CT molecular complexity index is 703. The standard InChI is InChI=1S/C18H26N6/c1-22(9-7-17-19-8-10-23(17)2)15-12-24(13-15)18-11-14-5-3-4-6-16(14)20-21-18/h8,10-11,15H,3-7,9,12-13H2,1-2H3. The molecule has 128 valence electrons. The van der Waals surface area contributed by atoms with Crippen LogP contribution in [0.1, 0.15) is 29.9 Å². The van der Waals surface area contributed by atoms with Gasteiger partial charge in [0.1, 0.15) is 5.82 Å². The highest BCUT2D eigenvalue weighted by molar-refractivity contribution is 5.45. The smallest absolute Gasteiger partial charge is 0.151 e. The van der Waals surface area contributed by atoms with E-state index in [1.54, 1.807) is 0 Å². The van der Waals surface area contributed by atoms with Crippen molar-refractivity contribution >= 4 is 5.82 Å². The van der Waals surface area contributed by atoms with E-state index in [9.17, 15) is 0 Å². The molecule has 2 aromatic rings. The van der Waals surface area contributed by atoms with Gasteiger partial charge in [-0.1, -0.05) is 0 Å². The van der Waals surface area contributed by atoms with Gasteiger partial charge in [0.05, 0.1) is 5.69 Å². The lowest BCUT2D eigenvalue weighted by atomic mass is 9.96. The van der Waals surface area contributed by atoms with Crippen molar-refractivity contribution in [2.24, 2.45) is 7.05 Å². The molecule has 1 aliphatic heterocycles. The Balaban J connectivity index is 1.30. The van der Waals surface area contributed by atoms with Crippen LogP contribution in [-0.4, -0.2) is 57.4 Å². The number of aryl methyl sites for hydroxylation is 3. The van der Waals surface area contributed by atoms with Crippen molar-refractivity contribution in [1.29, 1.82) is 0 Å². The van der Waals surface area contributed by atoms with Crippen LogP contribution in [0.2, 0.25) is 0 Å². The highest BCUT2D eigenvalue weighted by Crippen LogP contribution is 2.26. The topological polar surface area (TPSA) is 50.1 Å². The van der Waals surface area contributed by atoms with Gasteiger partial charge in [0.25, 0.3) is 0 Å². The van der Waals surface area contributed by atoms with E-state index in [4.69, 9.17) is 0 Å². The highest BCUT2D eigenvalue weighted by atomic mass is 15.4. The van der Waals surface area contributed by atoms with Crippen molar-refractivity contribution in [3.63, 3.8) is 0 Å². The summed E-state index contributed by atoms with van der Waals surface area (Å²) in [6, 6.07) is 2.87. The molecule has 4 rings (SSSR count). The molecule has 0 atom stereocenters. The SMILES string of the molecule is CN(CCc1nccn1C)C1CN(c2cc3c(nn2)CCCC3)C1. The normalized spacial score (nSPS) is 17.9. The monoisotopic (exact) mass is 326 g/mol. The molecule has 3 heterocycles. The molecule has 24 heavy (non-hydrogen) atoms. The molecule has 0 bridgehead atoms. The summed E-state index contributed by atoms with van der Waals surface area (Å²) in [5, 5.41) is 8.91. The summed E-state index contributed by atoms with van der Waals surface area (Å²) in [6.45, 7) is 3.13. The van der Waals surface area contributed by atoms with Gasteiger partial charge in [-0.25, -0.2) is 4.98 Å². The minimum Gasteiger partial charge on any atom is -0.352 e. The second kappa shape index (κ2) is 6.51.